The maximum atomic E-state index is 9.15. The summed E-state index contributed by atoms with van der Waals surface area (Å²) in [6.07, 6.45) is 1.71. The molecule has 6 heteroatoms. The largest absolute Gasteiger partial charge is 0.393 e. The predicted molar refractivity (Wildman–Crippen MR) is 50.8 cm³/mol. The molecule has 2 rings (SSSR count). The van der Waals surface area contributed by atoms with Gasteiger partial charge in [-0.15, -0.1) is 0 Å². The molecule has 0 spiro atoms. The van der Waals surface area contributed by atoms with E-state index in [0.29, 0.717) is 5.92 Å². The van der Waals surface area contributed by atoms with Crippen molar-refractivity contribution < 1.29 is 5.11 Å². The highest BCUT2D eigenvalue weighted by Gasteiger charge is 2.28. The Morgan fingerprint density at radius 2 is 2.29 bits per heavy atom. The number of aliphatic hydroxyl groups is 1. The summed E-state index contributed by atoms with van der Waals surface area (Å²) in [4.78, 5) is 2.02. The van der Waals surface area contributed by atoms with Crippen LogP contribution in [0.3, 0.4) is 0 Å². The number of anilines is 1. The summed E-state index contributed by atoms with van der Waals surface area (Å²) >= 11 is 0. The zero-order valence-corrected chi connectivity index (χ0v) is 8.46. The van der Waals surface area contributed by atoms with E-state index in [1.54, 1.807) is 4.68 Å². The lowest BCUT2D eigenvalue weighted by Crippen LogP contribution is -2.37. The Labute approximate surface area is 82.5 Å². The molecule has 0 atom stereocenters. The first-order valence-corrected chi connectivity index (χ1v) is 4.78. The van der Waals surface area contributed by atoms with Crippen LogP contribution < -0.4 is 4.90 Å². The fourth-order valence-corrected chi connectivity index (χ4v) is 1.87. The summed E-state index contributed by atoms with van der Waals surface area (Å²) < 4.78 is 1.65. The first kappa shape index (κ1) is 9.39. The molecule has 78 valence electrons. The van der Waals surface area contributed by atoms with Gasteiger partial charge in [0.25, 0.3) is 0 Å². The number of aryl methyl sites for hydroxylation is 1. The van der Waals surface area contributed by atoms with E-state index in [9.17, 15) is 0 Å². The Balaban J connectivity index is 1.90. The zero-order chi connectivity index (χ0) is 10.1. The number of rotatable bonds is 3. The second-order valence-corrected chi connectivity index (χ2v) is 3.97. The normalized spacial score (nSPS) is 25.9. The van der Waals surface area contributed by atoms with Gasteiger partial charge in [-0.1, -0.05) is 5.10 Å². The number of hydrogen-bond acceptors (Lipinski definition) is 5. The van der Waals surface area contributed by atoms with Crippen LogP contribution in [0.2, 0.25) is 0 Å². The molecule has 0 radical (unpaired) electrons. The first-order chi connectivity index (χ1) is 6.66. The van der Waals surface area contributed by atoms with Crippen molar-refractivity contribution in [1.29, 1.82) is 0 Å². The molecular weight excluding hydrogens is 182 g/mol. The summed E-state index contributed by atoms with van der Waals surface area (Å²) in [5, 5.41) is 20.4. The van der Waals surface area contributed by atoms with Crippen molar-refractivity contribution in [3.05, 3.63) is 0 Å². The van der Waals surface area contributed by atoms with Gasteiger partial charge >= 0.3 is 0 Å². The van der Waals surface area contributed by atoms with Crippen molar-refractivity contribution in [3.8, 4) is 0 Å². The van der Waals surface area contributed by atoms with Crippen LogP contribution in [0.1, 0.15) is 12.8 Å². The lowest BCUT2D eigenvalue weighted by molar-refractivity contribution is 0.0463. The molecule has 1 saturated carbocycles. The van der Waals surface area contributed by atoms with Gasteiger partial charge in [-0.2, -0.15) is 0 Å². The molecule has 1 aromatic heterocycles. The molecule has 0 saturated heterocycles. The highest BCUT2D eigenvalue weighted by molar-refractivity contribution is 5.25. The van der Waals surface area contributed by atoms with Gasteiger partial charge in [0.1, 0.15) is 0 Å². The molecule has 1 fully saturated rings. The smallest absolute Gasteiger partial charge is 0.245 e. The van der Waals surface area contributed by atoms with E-state index in [4.69, 9.17) is 5.11 Å². The van der Waals surface area contributed by atoms with Gasteiger partial charge < -0.3 is 10.0 Å². The van der Waals surface area contributed by atoms with Gasteiger partial charge in [0.2, 0.25) is 5.95 Å². The van der Waals surface area contributed by atoms with Crippen LogP contribution in [-0.4, -0.2) is 45.0 Å². The maximum absolute atomic E-state index is 9.15. The Hall–Kier alpha value is -1.17. The van der Waals surface area contributed by atoms with E-state index in [2.05, 4.69) is 15.5 Å². The van der Waals surface area contributed by atoms with E-state index in [1.807, 2.05) is 19.0 Å². The standard InChI is InChI=1S/C8H15N5O/c1-12(5-6-3-7(14)4-6)8-9-10-11-13(8)2/h6-7,14H,3-5H2,1-2H3. The van der Waals surface area contributed by atoms with Crippen LogP contribution in [0.4, 0.5) is 5.95 Å². The summed E-state index contributed by atoms with van der Waals surface area (Å²) in [6.45, 7) is 0.908. The number of aliphatic hydroxyl groups excluding tert-OH is 1. The van der Waals surface area contributed by atoms with Crippen molar-refractivity contribution in [3.63, 3.8) is 0 Å². The second kappa shape index (κ2) is 3.53. The highest BCUT2D eigenvalue weighted by atomic mass is 16.3. The summed E-state index contributed by atoms with van der Waals surface area (Å²) in [5.74, 6) is 1.35. The molecule has 0 amide bonds. The minimum atomic E-state index is -0.0916. The summed E-state index contributed by atoms with van der Waals surface area (Å²) in [7, 11) is 3.79. The van der Waals surface area contributed by atoms with E-state index < -0.39 is 0 Å². The monoisotopic (exact) mass is 197 g/mol. The molecule has 14 heavy (non-hydrogen) atoms. The van der Waals surface area contributed by atoms with Gasteiger partial charge in [-0.05, 0) is 29.2 Å². The molecule has 0 aliphatic heterocycles. The third-order valence-corrected chi connectivity index (χ3v) is 2.68. The van der Waals surface area contributed by atoms with Gasteiger partial charge in [-0.3, -0.25) is 0 Å². The van der Waals surface area contributed by atoms with Crippen LogP contribution in [-0.2, 0) is 7.05 Å². The van der Waals surface area contributed by atoms with E-state index >= 15 is 0 Å². The topological polar surface area (TPSA) is 67.1 Å². The molecule has 0 aromatic carbocycles. The second-order valence-electron chi connectivity index (χ2n) is 3.97. The molecule has 6 nitrogen and oxygen atoms in total. The first-order valence-electron chi connectivity index (χ1n) is 4.78. The molecule has 1 N–H and O–H groups in total. The van der Waals surface area contributed by atoms with E-state index in [1.165, 1.54) is 0 Å². The van der Waals surface area contributed by atoms with Gasteiger partial charge in [0.15, 0.2) is 0 Å². The third kappa shape index (κ3) is 1.70. The molecule has 0 unspecified atom stereocenters. The average Bonchev–Trinajstić information content (AvgIpc) is 2.48. The molecular formula is C8H15N5O. The van der Waals surface area contributed by atoms with Crippen molar-refractivity contribution in [2.75, 3.05) is 18.5 Å². The van der Waals surface area contributed by atoms with Gasteiger partial charge in [-0.25, -0.2) is 4.68 Å². The zero-order valence-electron chi connectivity index (χ0n) is 8.46. The fourth-order valence-electron chi connectivity index (χ4n) is 1.87. The van der Waals surface area contributed by atoms with Crippen LogP contribution in [0.25, 0.3) is 0 Å². The SMILES string of the molecule is CN(CC1CC(O)C1)c1nnnn1C. The quantitative estimate of drug-likeness (QED) is 0.702. The van der Waals surface area contributed by atoms with Crippen molar-refractivity contribution >= 4 is 5.95 Å². The van der Waals surface area contributed by atoms with Crippen molar-refractivity contribution in [2.45, 2.75) is 18.9 Å². The Bertz CT molecular complexity index is 306. The lowest BCUT2D eigenvalue weighted by atomic mass is 9.82. The summed E-state index contributed by atoms with van der Waals surface area (Å²) in [5.41, 5.74) is 0. The minimum Gasteiger partial charge on any atom is -0.393 e. The number of aromatic nitrogens is 4. The molecule has 1 aliphatic rings. The number of hydrogen-bond donors (Lipinski definition) is 1. The predicted octanol–water partition coefficient (Wildman–Crippen LogP) is -0.583. The molecule has 1 heterocycles. The van der Waals surface area contributed by atoms with Crippen LogP contribution in [0, 0.1) is 5.92 Å². The van der Waals surface area contributed by atoms with Gasteiger partial charge in [0, 0.05) is 20.6 Å². The van der Waals surface area contributed by atoms with Crippen LogP contribution in [0.5, 0.6) is 0 Å². The van der Waals surface area contributed by atoms with E-state index in [0.717, 1.165) is 25.3 Å². The minimum absolute atomic E-state index is 0.0916. The lowest BCUT2D eigenvalue weighted by Gasteiger charge is -2.34. The average molecular weight is 197 g/mol. The Morgan fingerprint density at radius 1 is 1.57 bits per heavy atom. The molecule has 1 aromatic rings. The fraction of sp³-hybridized carbons (Fsp3) is 0.875. The molecule has 1 aliphatic carbocycles. The van der Waals surface area contributed by atoms with Crippen molar-refractivity contribution in [2.24, 2.45) is 13.0 Å². The van der Waals surface area contributed by atoms with Gasteiger partial charge in [0.05, 0.1) is 6.10 Å². The number of tetrazole rings is 1. The Morgan fingerprint density at radius 3 is 2.79 bits per heavy atom. The van der Waals surface area contributed by atoms with Crippen LogP contribution >= 0.6 is 0 Å². The summed E-state index contributed by atoms with van der Waals surface area (Å²) in [6, 6.07) is 0. The van der Waals surface area contributed by atoms with E-state index in [-0.39, 0.29) is 6.10 Å². The third-order valence-electron chi connectivity index (χ3n) is 2.68. The maximum Gasteiger partial charge on any atom is 0.245 e. The molecule has 0 bridgehead atoms. The number of nitrogens with zero attached hydrogens (tertiary/aromatic N) is 5. The van der Waals surface area contributed by atoms with Crippen molar-refractivity contribution in [1.82, 2.24) is 20.2 Å². The van der Waals surface area contributed by atoms with Crippen LogP contribution in [0.15, 0.2) is 0 Å². The Kier molecular flexibility index (Phi) is 2.37. The highest BCUT2D eigenvalue weighted by Crippen LogP contribution is 2.28.